The number of halogens is 1. The molecule has 10 heteroatoms. The molecule has 3 aromatic rings. The van der Waals surface area contributed by atoms with Gasteiger partial charge in [-0.15, -0.1) is 15.0 Å². The standard InChI is InChI=1S/C20H20ClN5O4/c1-19(14-4-3-5-17(12-14)29-2)20(10-11-27,26-23-13-22-24-26)30-18(28)25(19)16-8-6-15(21)7-9-16/h3-9,12-13,27H,10-11H2,1-2H3/t19-,20-/m0/s1. The van der Waals surface area contributed by atoms with E-state index in [-0.39, 0.29) is 13.0 Å². The Kier molecular flexibility index (Phi) is 5.08. The highest BCUT2D eigenvalue weighted by molar-refractivity contribution is 6.30. The lowest BCUT2D eigenvalue weighted by Crippen LogP contribution is -2.56. The maximum absolute atomic E-state index is 13.3. The number of aliphatic hydroxyl groups excluding tert-OH is 1. The zero-order valence-electron chi connectivity index (χ0n) is 16.4. The lowest BCUT2D eigenvalue weighted by molar-refractivity contribution is -0.103. The van der Waals surface area contributed by atoms with Crippen LogP contribution in [0.15, 0.2) is 54.9 Å². The van der Waals surface area contributed by atoms with Gasteiger partial charge in [-0.3, -0.25) is 4.90 Å². The average Bonchev–Trinajstić information content (AvgIpc) is 3.36. The maximum atomic E-state index is 13.3. The second-order valence-corrected chi connectivity index (χ2v) is 7.40. The smallest absolute Gasteiger partial charge is 0.417 e. The molecule has 1 aliphatic heterocycles. The Labute approximate surface area is 177 Å². The third kappa shape index (κ3) is 2.89. The van der Waals surface area contributed by atoms with Crippen LogP contribution in [0.2, 0.25) is 5.02 Å². The molecular formula is C20H20ClN5O4. The van der Waals surface area contributed by atoms with Crippen LogP contribution in [0, 0.1) is 0 Å². The number of methoxy groups -OCH3 is 1. The first kappa shape index (κ1) is 20.1. The first-order valence-corrected chi connectivity index (χ1v) is 9.62. The van der Waals surface area contributed by atoms with Crippen molar-refractivity contribution in [2.45, 2.75) is 24.6 Å². The van der Waals surface area contributed by atoms with E-state index in [0.29, 0.717) is 22.0 Å². The monoisotopic (exact) mass is 429 g/mol. The Bertz CT molecular complexity index is 1050. The van der Waals surface area contributed by atoms with Crippen LogP contribution in [0.3, 0.4) is 0 Å². The van der Waals surface area contributed by atoms with Crippen molar-refractivity contribution < 1.29 is 19.4 Å². The minimum atomic E-state index is -1.47. The van der Waals surface area contributed by atoms with Crippen LogP contribution in [0.25, 0.3) is 0 Å². The van der Waals surface area contributed by atoms with Gasteiger partial charge in [0, 0.05) is 23.7 Å². The summed E-state index contributed by atoms with van der Waals surface area (Å²) in [6.45, 7) is 1.56. The Balaban J connectivity index is 2.01. The number of aromatic nitrogens is 4. The van der Waals surface area contributed by atoms with Crippen molar-refractivity contribution in [1.82, 2.24) is 20.2 Å². The van der Waals surface area contributed by atoms with E-state index in [1.165, 1.54) is 16.0 Å². The summed E-state index contributed by atoms with van der Waals surface area (Å²) in [4.78, 5) is 16.0. The number of nitrogens with zero attached hydrogens (tertiary/aromatic N) is 5. The van der Waals surface area contributed by atoms with E-state index in [9.17, 15) is 9.90 Å². The van der Waals surface area contributed by atoms with E-state index >= 15 is 0 Å². The Hall–Kier alpha value is -3.17. The van der Waals surface area contributed by atoms with Gasteiger partial charge in [-0.2, -0.15) is 0 Å². The molecule has 4 rings (SSSR count). The number of anilines is 1. The molecule has 156 valence electrons. The number of cyclic esters (lactones) is 1. The maximum Gasteiger partial charge on any atom is 0.417 e. The number of hydrogen-bond acceptors (Lipinski definition) is 7. The lowest BCUT2D eigenvalue weighted by atomic mass is 9.79. The third-order valence-corrected chi connectivity index (χ3v) is 5.74. The van der Waals surface area contributed by atoms with Gasteiger partial charge >= 0.3 is 6.09 Å². The first-order valence-electron chi connectivity index (χ1n) is 9.24. The van der Waals surface area contributed by atoms with Crippen LogP contribution in [0.5, 0.6) is 5.75 Å². The summed E-state index contributed by atoms with van der Waals surface area (Å²) in [6.07, 6.45) is 0.671. The zero-order valence-corrected chi connectivity index (χ0v) is 17.2. The fourth-order valence-corrected chi connectivity index (χ4v) is 4.12. The van der Waals surface area contributed by atoms with Gasteiger partial charge in [-0.1, -0.05) is 23.7 Å². The molecule has 0 aliphatic carbocycles. The first-order chi connectivity index (χ1) is 14.5. The molecule has 1 aliphatic rings. The van der Waals surface area contributed by atoms with Gasteiger partial charge in [0.15, 0.2) is 6.33 Å². The second-order valence-electron chi connectivity index (χ2n) is 6.97. The van der Waals surface area contributed by atoms with E-state index in [1.807, 2.05) is 25.1 Å². The van der Waals surface area contributed by atoms with E-state index in [2.05, 4.69) is 15.4 Å². The molecule has 1 fully saturated rings. The number of ether oxygens (including phenoxy) is 2. The van der Waals surface area contributed by atoms with Crippen molar-refractivity contribution in [3.05, 3.63) is 65.4 Å². The summed E-state index contributed by atoms with van der Waals surface area (Å²) in [5.74, 6) is 0.605. The highest BCUT2D eigenvalue weighted by Crippen LogP contribution is 2.53. The predicted octanol–water partition coefficient (Wildman–Crippen LogP) is 2.94. The van der Waals surface area contributed by atoms with Gasteiger partial charge in [0.1, 0.15) is 11.3 Å². The van der Waals surface area contributed by atoms with Gasteiger partial charge in [0.05, 0.1) is 7.11 Å². The van der Waals surface area contributed by atoms with Crippen molar-refractivity contribution in [3.8, 4) is 5.75 Å². The lowest BCUT2D eigenvalue weighted by Gasteiger charge is -2.42. The number of benzene rings is 2. The summed E-state index contributed by atoms with van der Waals surface area (Å²) in [6, 6.07) is 14.1. The number of hydrogen-bond donors (Lipinski definition) is 1. The Morgan fingerprint density at radius 2 is 2.00 bits per heavy atom. The number of tetrazole rings is 1. The molecule has 2 heterocycles. The summed E-state index contributed by atoms with van der Waals surface area (Å²) < 4.78 is 11.3. The van der Waals surface area contributed by atoms with Crippen molar-refractivity contribution >= 4 is 23.4 Å². The molecule has 0 bridgehead atoms. The molecule has 2 aromatic carbocycles. The fraction of sp³-hybridized carbons (Fsp3) is 0.300. The highest BCUT2D eigenvalue weighted by Gasteiger charge is 2.66. The van der Waals surface area contributed by atoms with E-state index in [4.69, 9.17) is 21.1 Å². The van der Waals surface area contributed by atoms with Crippen molar-refractivity contribution in [2.24, 2.45) is 0 Å². The minimum absolute atomic E-state index is 0.0346. The molecule has 0 spiro atoms. The number of rotatable bonds is 6. The summed E-state index contributed by atoms with van der Waals surface area (Å²) in [5, 5.41) is 22.4. The van der Waals surface area contributed by atoms with Crippen LogP contribution in [-0.2, 0) is 16.0 Å². The van der Waals surface area contributed by atoms with E-state index in [0.717, 1.165) is 0 Å². The molecule has 2 atom stereocenters. The molecule has 1 saturated heterocycles. The zero-order chi connectivity index (χ0) is 21.4. The summed E-state index contributed by atoms with van der Waals surface area (Å²) in [5.41, 5.74) is -1.37. The molecule has 0 radical (unpaired) electrons. The normalized spacial score (nSPS) is 23.5. The summed E-state index contributed by atoms with van der Waals surface area (Å²) in [7, 11) is 1.56. The molecule has 0 saturated carbocycles. The van der Waals surface area contributed by atoms with Crippen molar-refractivity contribution in [1.29, 1.82) is 0 Å². The van der Waals surface area contributed by atoms with Gasteiger partial charge < -0.3 is 14.6 Å². The minimum Gasteiger partial charge on any atom is -0.497 e. The summed E-state index contributed by atoms with van der Waals surface area (Å²) >= 11 is 6.05. The molecular weight excluding hydrogens is 410 g/mol. The predicted molar refractivity (Wildman–Crippen MR) is 108 cm³/mol. The van der Waals surface area contributed by atoms with E-state index in [1.54, 1.807) is 37.4 Å². The van der Waals surface area contributed by atoms with Crippen LogP contribution in [0.4, 0.5) is 10.5 Å². The van der Waals surface area contributed by atoms with Crippen molar-refractivity contribution in [3.63, 3.8) is 0 Å². The van der Waals surface area contributed by atoms with Crippen LogP contribution < -0.4 is 9.64 Å². The molecule has 30 heavy (non-hydrogen) atoms. The van der Waals surface area contributed by atoms with Gasteiger partial charge in [0.25, 0.3) is 5.72 Å². The third-order valence-electron chi connectivity index (χ3n) is 5.49. The number of amides is 1. The second kappa shape index (κ2) is 7.58. The van der Waals surface area contributed by atoms with Crippen molar-refractivity contribution in [2.75, 3.05) is 18.6 Å². The van der Waals surface area contributed by atoms with Crippen LogP contribution in [0.1, 0.15) is 18.9 Å². The fourth-order valence-electron chi connectivity index (χ4n) is 4.00. The van der Waals surface area contributed by atoms with Crippen LogP contribution >= 0.6 is 11.6 Å². The molecule has 1 N–H and O–H groups in total. The highest BCUT2D eigenvalue weighted by atomic mass is 35.5. The average molecular weight is 430 g/mol. The van der Waals surface area contributed by atoms with Gasteiger partial charge in [-0.25, -0.2) is 4.79 Å². The topological polar surface area (TPSA) is 103 Å². The molecule has 0 unspecified atom stereocenters. The number of carbonyl (C=O) groups is 1. The van der Waals surface area contributed by atoms with Gasteiger partial charge in [-0.05, 0) is 54.1 Å². The Morgan fingerprint density at radius 3 is 2.63 bits per heavy atom. The molecule has 1 amide bonds. The molecule has 9 nitrogen and oxygen atoms in total. The molecule has 1 aromatic heterocycles. The number of aliphatic hydroxyl groups is 1. The largest absolute Gasteiger partial charge is 0.497 e. The van der Waals surface area contributed by atoms with E-state index < -0.39 is 17.4 Å². The van der Waals surface area contributed by atoms with Crippen LogP contribution in [-0.4, -0.2) is 45.1 Å². The SMILES string of the molecule is COc1cccc([C@]2(C)N(c3ccc(Cl)cc3)C(=O)O[C@]2(CCO)n2ncnn2)c1. The number of carbonyl (C=O) groups excluding carboxylic acids is 1. The Morgan fingerprint density at radius 1 is 1.23 bits per heavy atom. The van der Waals surface area contributed by atoms with Gasteiger partial charge in [0.2, 0.25) is 0 Å². The quantitative estimate of drug-likeness (QED) is 0.642.